The number of halogens is 3. The van der Waals surface area contributed by atoms with E-state index in [1.807, 2.05) is 0 Å². The molecule has 140 valence electrons. The molecule has 1 atom stereocenters. The number of nitrogen functional groups attached to an aromatic ring is 1. The maximum Gasteiger partial charge on any atom is 0.408 e. The van der Waals surface area contributed by atoms with E-state index in [0.29, 0.717) is 11.3 Å². The highest BCUT2D eigenvalue weighted by atomic mass is 19.4. The molecule has 2 aromatic heterocycles. The molecule has 10 heteroatoms. The van der Waals surface area contributed by atoms with E-state index in [1.165, 1.54) is 13.4 Å². The third-order valence-corrected chi connectivity index (χ3v) is 4.20. The van der Waals surface area contributed by atoms with E-state index in [-0.39, 0.29) is 29.1 Å². The van der Waals surface area contributed by atoms with Crippen LogP contribution >= 0.6 is 0 Å². The highest BCUT2D eigenvalue weighted by Crippen LogP contribution is 2.45. The third-order valence-electron chi connectivity index (χ3n) is 4.20. The van der Waals surface area contributed by atoms with E-state index in [9.17, 15) is 13.2 Å². The van der Waals surface area contributed by atoms with Crippen LogP contribution in [0.15, 0.2) is 6.33 Å². The number of nitrogens with one attached hydrogen (secondary N) is 1. The van der Waals surface area contributed by atoms with E-state index in [2.05, 4.69) is 25.3 Å². The second-order valence-corrected chi connectivity index (χ2v) is 6.22. The minimum Gasteiger partial charge on any atom is -0.480 e. The van der Waals surface area contributed by atoms with Crippen LogP contribution in [0.5, 0.6) is 5.88 Å². The van der Waals surface area contributed by atoms with Crippen LogP contribution in [0.2, 0.25) is 0 Å². The molecule has 3 N–H and O–H groups in total. The maximum absolute atomic E-state index is 12.9. The molecule has 1 aliphatic carbocycles. The summed E-state index contributed by atoms with van der Waals surface area (Å²) in [5, 5.41) is 2.32. The molecule has 1 saturated carbocycles. The smallest absolute Gasteiger partial charge is 0.408 e. The molecule has 3 rings (SSSR count). The van der Waals surface area contributed by atoms with Gasteiger partial charge in [-0.25, -0.2) is 19.9 Å². The van der Waals surface area contributed by atoms with Crippen LogP contribution < -0.4 is 15.8 Å². The van der Waals surface area contributed by atoms with Gasteiger partial charge < -0.3 is 15.8 Å². The molecule has 0 amide bonds. The lowest BCUT2D eigenvalue weighted by atomic mass is 10.1. The number of hydrogen-bond acceptors (Lipinski definition) is 7. The first-order valence-electron chi connectivity index (χ1n) is 8.09. The van der Waals surface area contributed by atoms with Crippen LogP contribution in [0.1, 0.15) is 37.1 Å². The van der Waals surface area contributed by atoms with Gasteiger partial charge in [0.05, 0.1) is 24.2 Å². The number of nitrogens with two attached hydrogens (primary N) is 1. The third kappa shape index (κ3) is 3.49. The zero-order valence-electron chi connectivity index (χ0n) is 14.6. The van der Waals surface area contributed by atoms with E-state index in [1.54, 1.807) is 6.92 Å². The molecule has 2 heterocycles. The zero-order chi connectivity index (χ0) is 19.1. The molecule has 0 unspecified atom stereocenters. The number of alkyl halides is 3. The van der Waals surface area contributed by atoms with Crippen LogP contribution in [0.25, 0.3) is 11.4 Å². The summed E-state index contributed by atoms with van der Waals surface area (Å²) in [6, 6.07) is -1.82. The maximum atomic E-state index is 12.9. The standard InChI is InChI=1S/C16H19F3N6O/c1-7-11(20)14(24-8(2)16(17,18)19)25-13(23-7)10-12(9-4-5-9)21-6-22-15(10)26-3/h6,8-9H,4-5,20H2,1-3H3,(H,23,24,25)/t8-/m0/s1. The van der Waals surface area contributed by atoms with Gasteiger partial charge in [0.2, 0.25) is 5.88 Å². The van der Waals surface area contributed by atoms with E-state index in [0.717, 1.165) is 25.5 Å². The van der Waals surface area contributed by atoms with Crippen molar-refractivity contribution in [3.8, 4) is 17.3 Å². The van der Waals surface area contributed by atoms with Crippen molar-refractivity contribution in [3.63, 3.8) is 0 Å². The van der Waals surface area contributed by atoms with Crippen molar-refractivity contribution >= 4 is 11.5 Å². The van der Waals surface area contributed by atoms with E-state index in [4.69, 9.17) is 10.5 Å². The van der Waals surface area contributed by atoms with Gasteiger partial charge in [-0.05, 0) is 26.7 Å². The Morgan fingerprint density at radius 2 is 1.96 bits per heavy atom. The largest absolute Gasteiger partial charge is 0.480 e. The number of aryl methyl sites for hydroxylation is 1. The molecule has 7 nitrogen and oxygen atoms in total. The molecule has 0 aromatic carbocycles. The predicted octanol–water partition coefficient (Wildman–Crippen LogP) is 3.07. The van der Waals surface area contributed by atoms with E-state index < -0.39 is 12.2 Å². The van der Waals surface area contributed by atoms with Crippen molar-refractivity contribution in [2.75, 3.05) is 18.2 Å². The number of rotatable bonds is 5. The monoisotopic (exact) mass is 368 g/mol. The first kappa shape index (κ1) is 18.2. The molecule has 0 aliphatic heterocycles. The molecule has 0 radical (unpaired) electrons. The first-order chi connectivity index (χ1) is 12.2. The number of nitrogens with zero attached hydrogens (tertiary/aromatic N) is 4. The topological polar surface area (TPSA) is 98.8 Å². The van der Waals surface area contributed by atoms with Gasteiger partial charge >= 0.3 is 6.18 Å². The second kappa shape index (κ2) is 6.58. The van der Waals surface area contributed by atoms with Gasteiger partial charge in [-0.15, -0.1) is 0 Å². The number of aromatic nitrogens is 4. The summed E-state index contributed by atoms with van der Waals surface area (Å²) in [5.74, 6) is 0.632. The van der Waals surface area contributed by atoms with Crippen molar-refractivity contribution in [3.05, 3.63) is 17.7 Å². The lowest BCUT2D eigenvalue weighted by molar-refractivity contribution is -0.138. The summed E-state index contributed by atoms with van der Waals surface area (Å²) in [5.41, 5.74) is 7.53. The van der Waals surface area contributed by atoms with Gasteiger partial charge in [0.15, 0.2) is 11.6 Å². The predicted molar refractivity (Wildman–Crippen MR) is 89.9 cm³/mol. The number of anilines is 2. The molecule has 0 bridgehead atoms. The van der Waals surface area contributed by atoms with Crippen molar-refractivity contribution in [2.24, 2.45) is 0 Å². The Morgan fingerprint density at radius 3 is 2.54 bits per heavy atom. The summed E-state index contributed by atoms with van der Waals surface area (Å²) < 4.78 is 44.0. The average molecular weight is 368 g/mol. The number of ether oxygens (including phenoxy) is 1. The fraction of sp³-hybridized carbons (Fsp3) is 0.500. The summed E-state index contributed by atoms with van der Waals surface area (Å²) in [4.78, 5) is 17.0. The molecule has 2 aromatic rings. The molecular weight excluding hydrogens is 349 g/mol. The van der Waals surface area contributed by atoms with Gasteiger partial charge in [-0.1, -0.05) is 0 Å². The Morgan fingerprint density at radius 1 is 1.27 bits per heavy atom. The molecule has 1 aliphatic rings. The Labute approximate surface area is 148 Å². The lowest BCUT2D eigenvalue weighted by Crippen LogP contribution is -2.34. The SMILES string of the molecule is COc1ncnc(C2CC2)c1-c1nc(C)c(N)c(N[C@@H](C)C(F)(F)F)n1. The summed E-state index contributed by atoms with van der Waals surface area (Å²) in [7, 11) is 1.46. The molecular formula is C16H19F3N6O. The first-order valence-corrected chi connectivity index (χ1v) is 8.09. The summed E-state index contributed by atoms with van der Waals surface area (Å²) >= 11 is 0. The molecule has 0 saturated heterocycles. The minimum atomic E-state index is -4.43. The Bertz CT molecular complexity index is 822. The normalized spacial score (nSPS) is 15.6. The highest BCUT2D eigenvalue weighted by molar-refractivity contribution is 5.72. The van der Waals surface area contributed by atoms with Crippen molar-refractivity contribution in [1.82, 2.24) is 19.9 Å². The van der Waals surface area contributed by atoms with E-state index >= 15 is 0 Å². The van der Waals surface area contributed by atoms with Crippen LogP contribution in [0.4, 0.5) is 24.7 Å². The van der Waals surface area contributed by atoms with Crippen LogP contribution in [-0.4, -0.2) is 39.3 Å². The van der Waals surface area contributed by atoms with Gasteiger partial charge in [0, 0.05) is 5.92 Å². The quantitative estimate of drug-likeness (QED) is 0.837. The van der Waals surface area contributed by atoms with Crippen molar-refractivity contribution in [2.45, 2.75) is 44.8 Å². The molecule has 0 spiro atoms. The van der Waals surface area contributed by atoms with Gasteiger partial charge in [-0.2, -0.15) is 13.2 Å². The average Bonchev–Trinajstić information content (AvgIpc) is 3.42. The van der Waals surface area contributed by atoms with Crippen LogP contribution in [0.3, 0.4) is 0 Å². The fourth-order valence-electron chi connectivity index (χ4n) is 2.50. The Kier molecular flexibility index (Phi) is 4.59. The van der Waals surface area contributed by atoms with Crippen LogP contribution in [0, 0.1) is 6.92 Å². The number of hydrogen-bond donors (Lipinski definition) is 2. The fourth-order valence-corrected chi connectivity index (χ4v) is 2.50. The van der Waals surface area contributed by atoms with Gasteiger partial charge in [0.25, 0.3) is 0 Å². The van der Waals surface area contributed by atoms with Crippen molar-refractivity contribution < 1.29 is 17.9 Å². The summed E-state index contributed by atoms with van der Waals surface area (Å²) in [6.45, 7) is 2.61. The van der Waals surface area contributed by atoms with Gasteiger partial charge in [0.1, 0.15) is 17.9 Å². The zero-order valence-corrected chi connectivity index (χ0v) is 14.6. The van der Waals surface area contributed by atoms with Gasteiger partial charge in [-0.3, -0.25) is 0 Å². The number of methoxy groups -OCH3 is 1. The Hall–Kier alpha value is -2.65. The molecule has 1 fully saturated rings. The molecule has 26 heavy (non-hydrogen) atoms. The second-order valence-electron chi connectivity index (χ2n) is 6.22. The lowest BCUT2D eigenvalue weighted by Gasteiger charge is -2.20. The highest BCUT2D eigenvalue weighted by Gasteiger charge is 2.37. The Balaban J connectivity index is 2.10. The minimum absolute atomic E-state index is 0.0636. The van der Waals surface area contributed by atoms with Crippen molar-refractivity contribution in [1.29, 1.82) is 0 Å². The summed E-state index contributed by atoms with van der Waals surface area (Å²) in [6.07, 6.45) is -1.10. The van der Waals surface area contributed by atoms with Crippen LogP contribution in [-0.2, 0) is 0 Å².